The van der Waals surface area contributed by atoms with Gasteiger partial charge in [-0.3, -0.25) is 4.79 Å². The monoisotopic (exact) mass is 495 g/mol. The fourth-order valence-electron chi connectivity index (χ4n) is 4.29. The second-order valence-corrected chi connectivity index (χ2v) is 9.74. The van der Waals surface area contributed by atoms with Crippen LogP contribution in [0.1, 0.15) is 22.4 Å². The number of methoxy groups -OCH3 is 1. The number of aromatic nitrogens is 4. The van der Waals surface area contributed by atoms with Crippen molar-refractivity contribution in [3.05, 3.63) is 29.2 Å². The molecule has 1 fully saturated rings. The summed E-state index contributed by atoms with van der Waals surface area (Å²) < 4.78 is 5.64. The number of likely N-dealkylation sites (N-methyl/N-ethyl adjacent to an activating group) is 1. The molecule has 5 heterocycles. The molecule has 0 aromatic carbocycles. The second kappa shape index (κ2) is 9.27. The molecular weight excluding hydrogens is 466 g/mol. The van der Waals surface area contributed by atoms with Gasteiger partial charge in [0.05, 0.1) is 30.2 Å². The highest BCUT2D eigenvalue weighted by Crippen LogP contribution is 2.42. The van der Waals surface area contributed by atoms with Crippen molar-refractivity contribution in [1.29, 1.82) is 0 Å². The molecule has 0 bridgehead atoms. The molecule has 1 amide bonds. The van der Waals surface area contributed by atoms with E-state index in [0.29, 0.717) is 41.3 Å². The van der Waals surface area contributed by atoms with Gasteiger partial charge in [-0.2, -0.15) is 4.98 Å². The highest BCUT2D eigenvalue weighted by atomic mass is 32.1. The average molecular weight is 496 g/mol. The largest absolute Gasteiger partial charge is 0.493 e. The molecule has 12 heteroatoms. The van der Waals surface area contributed by atoms with Crippen LogP contribution in [0.4, 0.5) is 34.0 Å². The minimum atomic E-state index is -0.173. The number of carbonyl (C=O) groups is 1. The van der Waals surface area contributed by atoms with Crippen molar-refractivity contribution < 1.29 is 9.53 Å². The molecule has 0 aliphatic carbocycles. The molecule has 11 nitrogen and oxygen atoms in total. The average Bonchev–Trinajstić information content (AvgIpc) is 3.22. The number of carbonyl (C=O) groups excluding carboxylic acids is 1. The van der Waals surface area contributed by atoms with Crippen LogP contribution in [0.3, 0.4) is 0 Å². The van der Waals surface area contributed by atoms with Crippen molar-refractivity contribution in [2.45, 2.75) is 13.8 Å². The minimum absolute atomic E-state index is 0.173. The zero-order valence-electron chi connectivity index (χ0n) is 20.6. The first-order valence-electron chi connectivity index (χ1n) is 11.5. The van der Waals surface area contributed by atoms with Crippen molar-refractivity contribution in [2.24, 2.45) is 0 Å². The van der Waals surface area contributed by atoms with Gasteiger partial charge in [0.2, 0.25) is 5.95 Å². The number of pyridine rings is 1. The van der Waals surface area contributed by atoms with Crippen molar-refractivity contribution >= 4 is 51.2 Å². The number of aryl methyl sites for hydroxylation is 1. The molecule has 35 heavy (non-hydrogen) atoms. The van der Waals surface area contributed by atoms with Crippen LogP contribution < -0.4 is 24.8 Å². The fraction of sp³-hybridized carbons (Fsp3) is 0.435. The van der Waals surface area contributed by atoms with Crippen LogP contribution in [0, 0.1) is 6.92 Å². The molecule has 2 aliphatic heterocycles. The molecule has 3 aromatic heterocycles. The van der Waals surface area contributed by atoms with E-state index in [1.807, 2.05) is 31.0 Å². The predicted octanol–water partition coefficient (Wildman–Crippen LogP) is 2.89. The third-order valence-electron chi connectivity index (χ3n) is 6.31. The summed E-state index contributed by atoms with van der Waals surface area (Å²) in [6, 6.07) is 1.99. The molecule has 2 aliphatic rings. The number of amides is 1. The molecule has 0 unspecified atom stereocenters. The summed E-state index contributed by atoms with van der Waals surface area (Å²) in [6.45, 7) is 8.46. The molecular formula is C23H29N9O2S. The molecule has 0 atom stereocenters. The van der Waals surface area contributed by atoms with Crippen molar-refractivity contribution in [3.8, 4) is 5.75 Å². The lowest BCUT2D eigenvalue weighted by atomic mass is 10.2. The van der Waals surface area contributed by atoms with Gasteiger partial charge in [0.25, 0.3) is 5.91 Å². The number of thiazole rings is 1. The normalized spacial score (nSPS) is 16.1. The molecule has 184 valence electrons. The van der Waals surface area contributed by atoms with Crippen LogP contribution in [0.15, 0.2) is 18.5 Å². The van der Waals surface area contributed by atoms with E-state index >= 15 is 0 Å². The summed E-state index contributed by atoms with van der Waals surface area (Å²) in [6.07, 6.45) is 3.50. The predicted molar refractivity (Wildman–Crippen MR) is 138 cm³/mol. The van der Waals surface area contributed by atoms with E-state index in [1.165, 1.54) is 11.3 Å². The summed E-state index contributed by atoms with van der Waals surface area (Å²) in [4.78, 5) is 39.6. The lowest BCUT2D eigenvalue weighted by molar-refractivity contribution is 0.0990. The molecule has 0 saturated carbocycles. The molecule has 5 rings (SSSR count). The number of hydrogen-bond donors (Lipinski definition) is 1. The smallest absolute Gasteiger partial charge is 0.279 e. The number of rotatable bonds is 5. The number of anilines is 6. The first kappa shape index (κ1) is 23.2. The number of nitrogens with zero attached hydrogens (tertiary/aromatic N) is 8. The van der Waals surface area contributed by atoms with E-state index in [-0.39, 0.29) is 5.91 Å². The number of piperazine rings is 1. The maximum Gasteiger partial charge on any atom is 0.279 e. The minimum Gasteiger partial charge on any atom is -0.493 e. The van der Waals surface area contributed by atoms with Gasteiger partial charge in [-0.15, -0.1) is 11.3 Å². The van der Waals surface area contributed by atoms with Gasteiger partial charge < -0.3 is 29.7 Å². The molecule has 3 aromatic rings. The SMILES string of the molecule is CCN1c2nc(Nc3ncc(N4CCN(C)CC4)cc3OC)ncc2N(C)C(=O)c2nc(C)sc21. The Labute approximate surface area is 208 Å². The number of nitrogens with one attached hydrogen (secondary N) is 1. The van der Waals surface area contributed by atoms with Crippen LogP contribution in [0.5, 0.6) is 5.75 Å². The lowest BCUT2D eigenvalue weighted by Gasteiger charge is -2.34. The maximum absolute atomic E-state index is 13.1. The Bertz CT molecular complexity index is 1260. The van der Waals surface area contributed by atoms with E-state index in [4.69, 9.17) is 9.72 Å². The van der Waals surface area contributed by atoms with Crippen molar-refractivity contribution in [2.75, 3.05) is 73.9 Å². The number of hydrogen-bond acceptors (Lipinski definition) is 11. The Balaban J connectivity index is 1.47. The Morgan fingerprint density at radius 1 is 1.11 bits per heavy atom. The highest BCUT2D eigenvalue weighted by Gasteiger charge is 2.33. The Hall–Kier alpha value is -3.51. The van der Waals surface area contributed by atoms with Gasteiger partial charge in [-0.05, 0) is 20.9 Å². The van der Waals surface area contributed by atoms with Gasteiger partial charge >= 0.3 is 0 Å². The number of fused-ring (bicyclic) bond motifs is 2. The zero-order chi connectivity index (χ0) is 24.7. The standard InChI is InChI=1S/C23H29N9O2S/c1-6-32-20-16(30(4)21(33)18-22(32)35-14(2)26-18)13-25-23(28-20)27-19-17(34-5)11-15(12-24-19)31-9-7-29(3)8-10-31/h11-13H,6-10H2,1-5H3,(H,24,25,27,28). The van der Waals surface area contributed by atoms with E-state index < -0.39 is 0 Å². The molecule has 0 spiro atoms. The van der Waals surface area contributed by atoms with Crippen molar-refractivity contribution in [1.82, 2.24) is 24.8 Å². The molecule has 1 saturated heterocycles. The summed E-state index contributed by atoms with van der Waals surface area (Å²) in [5.74, 6) is 1.97. The highest BCUT2D eigenvalue weighted by molar-refractivity contribution is 7.16. The van der Waals surface area contributed by atoms with Crippen LogP contribution in [-0.2, 0) is 0 Å². The molecule has 1 N–H and O–H groups in total. The molecule has 0 radical (unpaired) electrons. The summed E-state index contributed by atoms with van der Waals surface area (Å²) in [5, 5.41) is 4.83. The lowest BCUT2D eigenvalue weighted by Crippen LogP contribution is -2.44. The first-order valence-corrected chi connectivity index (χ1v) is 12.4. The quantitative estimate of drug-likeness (QED) is 0.568. The summed E-state index contributed by atoms with van der Waals surface area (Å²) in [5.41, 5.74) is 2.08. The van der Waals surface area contributed by atoms with Gasteiger partial charge in [0.15, 0.2) is 23.1 Å². The van der Waals surface area contributed by atoms with E-state index in [9.17, 15) is 4.79 Å². The van der Waals surface area contributed by atoms with Crippen LogP contribution in [-0.4, -0.2) is 84.7 Å². The Morgan fingerprint density at radius 3 is 2.60 bits per heavy atom. The second-order valence-electron chi connectivity index (χ2n) is 8.56. The van der Waals surface area contributed by atoms with Crippen LogP contribution >= 0.6 is 11.3 Å². The van der Waals surface area contributed by atoms with Crippen molar-refractivity contribution in [3.63, 3.8) is 0 Å². The van der Waals surface area contributed by atoms with Gasteiger partial charge in [-0.25, -0.2) is 15.0 Å². The van der Waals surface area contributed by atoms with Gasteiger partial charge in [0, 0.05) is 45.8 Å². The van der Waals surface area contributed by atoms with E-state index in [2.05, 4.69) is 37.1 Å². The van der Waals surface area contributed by atoms with Crippen LogP contribution in [0.25, 0.3) is 0 Å². The third-order valence-corrected chi connectivity index (χ3v) is 7.30. The number of ether oxygens (including phenoxy) is 1. The maximum atomic E-state index is 13.1. The Morgan fingerprint density at radius 2 is 1.89 bits per heavy atom. The fourth-order valence-corrected chi connectivity index (χ4v) is 5.26. The van der Waals surface area contributed by atoms with Crippen LogP contribution in [0.2, 0.25) is 0 Å². The third kappa shape index (κ3) is 4.23. The zero-order valence-corrected chi connectivity index (χ0v) is 21.4. The summed E-state index contributed by atoms with van der Waals surface area (Å²) in [7, 11) is 5.48. The first-order chi connectivity index (χ1) is 16.9. The van der Waals surface area contributed by atoms with Gasteiger partial charge in [0.1, 0.15) is 10.7 Å². The van der Waals surface area contributed by atoms with E-state index in [0.717, 1.165) is 41.9 Å². The summed E-state index contributed by atoms with van der Waals surface area (Å²) >= 11 is 1.48. The van der Waals surface area contributed by atoms with E-state index in [1.54, 1.807) is 25.3 Å². The van der Waals surface area contributed by atoms with Gasteiger partial charge in [-0.1, -0.05) is 0 Å². The Kier molecular flexibility index (Phi) is 6.15. The topological polar surface area (TPSA) is 103 Å².